The van der Waals surface area contributed by atoms with Gasteiger partial charge in [-0.3, -0.25) is 9.79 Å². The zero-order valence-corrected chi connectivity index (χ0v) is 8.60. The van der Waals surface area contributed by atoms with Gasteiger partial charge in [-0.15, -0.1) is 0 Å². The highest BCUT2D eigenvalue weighted by Crippen LogP contribution is 2.20. The van der Waals surface area contributed by atoms with Crippen LogP contribution >= 0.6 is 0 Å². The first-order chi connectivity index (χ1) is 7.22. The van der Waals surface area contributed by atoms with E-state index in [1.807, 2.05) is 0 Å². The number of hydrogen-bond acceptors (Lipinski definition) is 5. The topological polar surface area (TPSA) is 54.3 Å². The maximum absolute atomic E-state index is 11.3. The lowest BCUT2D eigenvalue weighted by atomic mass is 10.1. The molecule has 15 heavy (non-hydrogen) atoms. The van der Waals surface area contributed by atoms with Gasteiger partial charge in [-0.2, -0.15) is 5.10 Å². The predicted octanol–water partition coefficient (Wildman–Crippen LogP) is 0.703. The summed E-state index contributed by atoms with van der Waals surface area (Å²) in [6.45, 7) is 2.05. The minimum absolute atomic E-state index is 0.0417. The Morgan fingerprint density at radius 1 is 1.60 bits per heavy atom. The summed E-state index contributed by atoms with van der Waals surface area (Å²) >= 11 is 0. The van der Waals surface area contributed by atoms with Gasteiger partial charge in [0.05, 0.1) is 25.4 Å². The summed E-state index contributed by atoms with van der Waals surface area (Å²) in [6, 6.07) is 0. The average Bonchev–Trinajstić information content (AvgIpc) is 2.27. The van der Waals surface area contributed by atoms with Gasteiger partial charge >= 0.3 is 0 Å². The number of allylic oxidation sites excluding steroid dienone is 1. The number of hydrogen-bond donors (Lipinski definition) is 0. The van der Waals surface area contributed by atoms with Crippen molar-refractivity contribution in [1.29, 1.82) is 0 Å². The Kier molecular flexibility index (Phi) is 2.37. The molecular weight excluding hydrogens is 194 g/mol. The van der Waals surface area contributed by atoms with E-state index >= 15 is 0 Å². The van der Waals surface area contributed by atoms with Crippen LogP contribution in [-0.2, 0) is 9.53 Å². The third kappa shape index (κ3) is 1.68. The smallest absolute Gasteiger partial charge is 0.163 e. The molecule has 0 aromatic rings. The average molecular weight is 205 g/mol. The maximum atomic E-state index is 11.3. The summed E-state index contributed by atoms with van der Waals surface area (Å²) in [5.41, 5.74) is 0.532. The Morgan fingerprint density at radius 2 is 2.40 bits per heavy atom. The first-order valence-corrected chi connectivity index (χ1v) is 4.57. The Bertz CT molecular complexity index is 418. The number of rotatable bonds is 2. The molecule has 2 rings (SSSR count). The molecule has 0 bridgehead atoms. The molecule has 0 aromatic heterocycles. The van der Waals surface area contributed by atoms with Crippen LogP contribution in [-0.4, -0.2) is 36.5 Å². The molecule has 0 spiro atoms. The van der Waals surface area contributed by atoms with Crippen molar-refractivity contribution >= 4 is 17.8 Å². The first kappa shape index (κ1) is 9.64. The Balaban J connectivity index is 2.40. The number of fused-ring (bicyclic) bond motifs is 1. The molecule has 0 fully saturated rings. The van der Waals surface area contributed by atoms with E-state index in [1.54, 1.807) is 23.5 Å². The molecule has 0 aromatic carbocycles. The lowest BCUT2D eigenvalue weighted by Gasteiger charge is -2.23. The van der Waals surface area contributed by atoms with Crippen LogP contribution in [0.3, 0.4) is 0 Å². The molecule has 78 valence electrons. The molecule has 0 N–H and O–H groups in total. The molecule has 0 radical (unpaired) electrons. The minimum Gasteiger partial charge on any atom is -0.494 e. The van der Waals surface area contributed by atoms with Crippen LogP contribution in [0.25, 0.3) is 0 Å². The molecule has 2 aliphatic heterocycles. The molecule has 0 aliphatic carbocycles. The van der Waals surface area contributed by atoms with Gasteiger partial charge < -0.3 is 4.74 Å². The number of ether oxygens (including phenoxy) is 1. The fourth-order valence-corrected chi connectivity index (χ4v) is 1.42. The summed E-state index contributed by atoms with van der Waals surface area (Å²) in [4.78, 5) is 15.6. The second-order valence-corrected chi connectivity index (χ2v) is 3.15. The van der Waals surface area contributed by atoms with E-state index in [-0.39, 0.29) is 5.78 Å². The molecular formula is C10H11N3O2. The molecule has 0 amide bonds. The molecule has 5 nitrogen and oxygen atoms in total. The number of hydrazone groups is 1. The van der Waals surface area contributed by atoms with Crippen molar-refractivity contribution in [2.45, 2.75) is 6.92 Å². The number of Topliss-reactive ketones (excluding diaryl/α,β-unsaturated/α-hetero) is 1. The van der Waals surface area contributed by atoms with Gasteiger partial charge in [-0.05, 0) is 13.0 Å². The Morgan fingerprint density at radius 3 is 3.07 bits per heavy atom. The van der Waals surface area contributed by atoms with Crippen LogP contribution in [0, 0.1) is 0 Å². The van der Waals surface area contributed by atoms with Gasteiger partial charge in [-0.1, -0.05) is 0 Å². The molecule has 2 heterocycles. The molecule has 2 aliphatic rings. The fraction of sp³-hybridized carbons (Fsp3) is 0.300. The summed E-state index contributed by atoms with van der Waals surface area (Å²) in [7, 11) is 1.53. The summed E-state index contributed by atoms with van der Waals surface area (Å²) in [5, 5.41) is 5.70. The van der Waals surface area contributed by atoms with Crippen molar-refractivity contribution < 1.29 is 9.53 Å². The monoisotopic (exact) mass is 205 g/mol. The molecule has 0 atom stereocenters. The second kappa shape index (κ2) is 3.68. The molecule has 0 unspecified atom stereocenters. The van der Waals surface area contributed by atoms with Gasteiger partial charge in [0, 0.05) is 6.21 Å². The van der Waals surface area contributed by atoms with Crippen LogP contribution in [0.4, 0.5) is 0 Å². The zero-order chi connectivity index (χ0) is 10.8. The third-order valence-corrected chi connectivity index (χ3v) is 2.15. The van der Waals surface area contributed by atoms with Crippen molar-refractivity contribution in [1.82, 2.24) is 5.01 Å². The van der Waals surface area contributed by atoms with Crippen molar-refractivity contribution in [2.24, 2.45) is 10.1 Å². The van der Waals surface area contributed by atoms with Crippen LogP contribution in [0.15, 0.2) is 33.7 Å². The highest BCUT2D eigenvalue weighted by atomic mass is 16.5. The highest BCUT2D eigenvalue weighted by molar-refractivity contribution is 6.08. The standard InChI is InChI=1S/C10H11N3O2/c1-7(14)8-5-10-11-3-4-12-13(10)6-9(8)15-2/h4-6H,3H2,1-2H3. The van der Waals surface area contributed by atoms with E-state index in [0.717, 1.165) is 0 Å². The van der Waals surface area contributed by atoms with Gasteiger partial charge in [0.2, 0.25) is 0 Å². The summed E-state index contributed by atoms with van der Waals surface area (Å²) in [6.07, 6.45) is 5.04. The number of carbonyl (C=O) groups is 1. The van der Waals surface area contributed by atoms with E-state index in [2.05, 4.69) is 10.1 Å². The lowest BCUT2D eigenvalue weighted by molar-refractivity contribution is -0.113. The van der Waals surface area contributed by atoms with Crippen LogP contribution in [0.5, 0.6) is 0 Å². The van der Waals surface area contributed by atoms with Crippen LogP contribution in [0.1, 0.15) is 6.92 Å². The SMILES string of the molecule is COC1=CN2N=CCN=C2C=C1C(C)=O. The number of ketones is 1. The number of carbonyl (C=O) groups excluding carboxylic acids is 1. The van der Waals surface area contributed by atoms with Gasteiger partial charge in [0.25, 0.3) is 0 Å². The van der Waals surface area contributed by atoms with Crippen LogP contribution < -0.4 is 0 Å². The maximum Gasteiger partial charge on any atom is 0.163 e. The third-order valence-electron chi connectivity index (χ3n) is 2.15. The van der Waals surface area contributed by atoms with E-state index in [1.165, 1.54) is 14.0 Å². The van der Waals surface area contributed by atoms with Gasteiger partial charge in [-0.25, -0.2) is 5.01 Å². The van der Waals surface area contributed by atoms with Crippen molar-refractivity contribution in [2.75, 3.05) is 13.7 Å². The Labute approximate surface area is 87.4 Å². The van der Waals surface area contributed by atoms with E-state index in [0.29, 0.717) is 23.7 Å². The zero-order valence-electron chi connectivity index (χ0n) is 8.60. The summed E-state index contributed by atoms with van der Waals surface area (Å²) in [5.74, 6) is 1.14. The largest absolute Gasteiger partial charge is 0.494 e. The molecule has 0 saturated heterocycles. The van der Waals surface area contributed by atoms with E-state index < -0.39 is 0 Å². The lowest BCUT2D eigenvalue weighted by Crippen LogP contribution is -2.28. The number of amidine groups is 1. The molecule has 5 heteroatoms. The van der Waals surface area contributed by atoms with Crippen LogP contribution in [0.2, 0.25) is 0 Å². The van der Waals surface area contributed by atoms with Gasteiger partial charge in [0.15, 0.2) is 5.78 Å². The fourth-order valence-electron chi connectivity index (χ4n) is 1.42. The number of methoxy groups -OCH3 is 1. The van der Waals surface area contributed by atoms with Gasteiger partial charge in [0.1, 0.15) is 11.6 Å². The van der Waals surface area contributed by atoms with E-state index in [4.69, 9.17) is 4.74 Å². The predicted molar refractivity (Wildman–Crippen MR) is 56.5 cm³/mol. The quantitative estimate of drug-likeness (QED) is 0.667. The Hall–Kier alpha value is -1.91. The molecule has 0 saturated carbocycles. The van der Waals surface area contributed by atoms with Crippen molar-refractivity contribution in [3.8, 4) is 0 Å². The highest BCUT2D eigenvalue weighted by Gasteiger charge is 2.22. The summed E-state index contributed by atoms with van der Waals surface area (Å²) < 4.78 is 5.12. The van der Waals surface area contributed by atoms with Crippen molar-refractivity contribution in [3.05, 3.63) is 23.6 Å². The second-order valence-electron chi connectivity index (χ2n) is 3.15. The normalized spacial score (nSPS) is 18.8. The van der Waals surface area contributed by atoms with E-state index in [9.17, 15) is 4.79 Å². The number of nitrogens with zero attached hydrogens (tertiary/aromatic N) is 3. The van der Waals surface area contributed by atoms with Crippen molar-refractivity contribution in [3.63, 3.8) is 0 Å². The first-order valence-electron chi connectivity index (χ1n) is 4.57. The number of aliphatic imine (C=N–C) groups is 1. The minimum atomic E-state index is -0.0417.